The predicted octanol–water partition coefficient (Wildman–Crippen LogP) is 1.10. The summed E-state index contributed by atoms with van der Waals surface area (Å²) in [6, 6.07) is 1.47. The van der Waals surface area contributed by atoms with Crippen LogP contribution in [0.4, 0.5) is 5.82 Å². The number of halogens is 1. The molecule has 1 aromatic rings. The second-order valence-corrected chi connectivity index (χ2v) is 4.73. The summed E-state index contributed by atoms with van der Waals surface area (Å²) in [4.78, 5) is 30.1. The van der Waals surface area contributed by atoms with E-state index in [1.54, 1.807) is 11.8 Å². The van der Waals surface area contributed by atoms with E-state index in [4.69, 9.17) is 16.7 Å². The number of piperazine rings is 1. The number of carbonyl (C=O) groups excluding carboxylic acids is 1. The van der Waals surface area contributed by atoms with Crippen LogP contribution in [0.25, 0.3) is 0 Å². The highest BCUT2D eigenvalue weighted by atomic mass is 35.5. The van der Waals surface area contributed by atoms with Crippen molar-refractivity contribution in [2.75, 3.05) is 31.1 Å². The van der Waals surface area contributed by atoms with Gasteiger partial charge in [-0.2, -0.15) is 0 Å². The minimum Gasteiger partial charge on any atom is -0.478 e. The van der Waals surface area contributed by atoms with Crippen LogP contribution in [-0.4, -0.2) is 53.0 Å². The highest BCUT2D eigenvalue weighted by Crippen LogP contribution is 2.21. The molecule has 1 aromatic heterocycles. The lowest BCUT2D eigenvalue weighted by Gasteiger charge is -2.35. The zero-order valence-electron chi connectivity index (χ0n) is 10.5. The zero-order chi connectivity index (χ0) is 14.0. The van der Waals surface area contributed by atoms with Crippen molar-refractivity contribution < 1.29 is 14.7 Å². The van der Waals surface area contributed by atoms with Gasteiger partial charge >= 0.3 is 5.97 Å². The number of carboxylic acid groups (broad SMARTS) is 1. The summed E-state index contributed by atoms with van der Waals surface area (Å²) in [6.07, 6.45) is 1.34. The van der Waals surface area contributed by atoms with E-state index in [0.717, 1.165) is 0 Å². The average Bonchev–Trinajstić information content (AvgIpc) is 2.39. The molecule has 0 bridgehead atoms. The van der Waals surface area contributed by atoms with E-state index in [1.807, 2.05) is 4.90 Å². The summed E-state index contributed by atoms with van der Waals surface area (Å²) in [5, 5.41) is 9.14. The molecule has 0 spiro atoms. The maximum atomic E-state index is 11.2. The van der Waals surface area contributed by atoms with Crippen LogP contribution in [-0.2, 0) is 4.79 Å². The molecule has 0 unspecified atom stereocenters. The highest BCUT2D eigenvalue weighted by molar-refractivity contribution is 6.33. The van der Waals surface area contributed by atoms with Crippen LogP contribution in [0.15, 0.2) is 12.3 Å². The van der Waals surface area contributed by atoms with Crippen LogP contribution in [0.5, 0.6) is 0 Å². The van der Waals surface area contributed by atoms with Crippen molar-refractivity contribution in [3.05, 3.63) is 22.8 Å². The summed E-state index contributed by atoms with van der Waals surface area (Å²) in [7, 11) is 0. The van der Waals surface area contributed by atoms with Gasteiger partial charge in [0.05, 0.1) is 10.6 Å². The van der Waals surface area contributed by atoms with Crippen LogP contribution in [0, 0.1) is 0 Å². The number of amides is 1. The third kappa shape index (κ3) is 2.96. The summed E-state index contributed by atoms with van der Waals surface area (Å²) < 4.78 is 0. The molecule has 1 aliphatic heterocycles. The van der Waals surface area contributed by atoms with Crippen LogP contribution in [0.2, 0.25) is 5.02 Å². The lowest BCUT2D eigenvalue weighted by Crippen LogP contribution is -2.48. The summed E-state index contributed by atoms with van der Waals surface area (Å²) in [5.74, 6) is -0.448. The number of nitrogens with zero attached hydrogens (tertiary/aromatic N) is 3. The molecule has 1 aliphatic rings. The van der Waals surface area contributed by atoms with Gasteiger partial charge in [0.15, 0.2) is 0 Å². The second kappa shape index (κ2) is 5.44. The number of carboxylic acids is 1. The van der Waals surface area contributed by atoms with Crippen molar-refractivity contribution >= 4 is 29.3 Å². The molecule has 102 valence electrons. The Kier molecular flexibility index (Phi) is 3.90. The lowest BCUT2D eigenvalue weighted by atomic mass is 10.2. The fourth-order valence-corrected chi connectivity index (χ4v) is 2.20. The van der Waals surface area contributed by atoms with Gasteiger partial charge in [-0.05, 0) is 6.07 Å². The van der Waals surface area contributed by atoms with Crippen molar-refractivity contribution in [1.82, 2.24) is 9.88 Å². The van der Waals surface area contributed by atoms with E-state index >= 15 is 0 Å². The first-order valence-electron chi connectivity index (χ1n) is 5.88. The number of aromatic carboxylic acids is 1. The number of hydrogen-bond acceptors (Lipinski definition) is 4. The lowest BCUT2D eigenvalue weighted by molar-refractivity contribution is -0.129. The van der Waals surface area contributed by atoms with Crippen molar-refractivity contribution in [3.63, 3.8) is 0 Å². The fourth-order valence-electron chi connectivity index (χ4n) is 2.01. The summed E-state index contributed by atoms with van der Waals surface area (Å²) in [6.45, 7) is 4.03. The number of aromatic nitrogens is 1. The van der Waals surface area contributed by atoms with Crippen molar-refractivity contribution in [1.29, 1.82) is 0 Å². The molecule has 2 heterocycles. The minimum atomic E-state index is -1.07. The van der Waals surface area contributed by atoms with E-state index in [1.165, 1.54) is 12.3 Å². The van der Waals surface area contributed by atoms with Crippen molar-refractivity contribution in [2.24, 2.45) is 0 Å². The number of pyridine rings is 1. The van der Waals surface area contributed by atoms with Gasteiger partial charge in [-0.15, -0.1) is 0 Å². The third-order valence-corrected chi connectivity index (χ3v) is 3.42. The highest BCUT2D eigenvalue weighted by Gasteiger charge is 2.21. The first kappa shape index (κ1) is 13.6. The molecular weight excluding hydrogens is 270 g/mol. The van der Waals surface area contributed by atoms with Gasteiger partial charge in [0, 0.05) is 39.3 Å². The van der Waals surface area contributed by atoms with E-state index in [9.17, 15) is 9.59 Å². The Morgan fingerprint density at radius 3 is 2.47 bits per heavy atom. The van der Waals surface area contributed by atoms with Gasteiger partial charge in [0.2, 0.25) is 5.91 Å². The SMILES string of the molecule is CC(=O)N1CCN(c2cc(C(=O)O)c(Cl)cn2)CC1. The van der Waals surface area contributed by atoms with Crippen LogP contribution >= 0.6 is 11.6 Å². The molecule has 19 heavy (non-hydrogen) atoms. The maximum absolute atomic E-state index is 11.2. The van der Waals surface area contributed by atoms with Crippen LogP contribution < -0.4 is 4.90 Å². The van der Waals surface area contributed by atoms with Gasteiger partial charge in [-0.1, -0.05) is 11.6 Å². The summed E-state index contributed by atoms with van der Waals surface area (Å²) in [5.41, 5.74) is 0.0423. The van der Waals surface area contributed by atoms with Crippen molar-refractivity contribution in [3.8, 4) is 0 Å². The normalized spacial score (nSPS) is 15.5. The monoisotopic (exact) mass is 283 g/mol. The molecule has 0 radical (unpaired) electrons. The van der Waals surface area contributed by atoms with Crippen LogP contribution in [0.1, 0.15) is 17.3 Å². The van der Waals surface area contributed by atoms with Gasteiger partial charge in [0.25, 0.3) is 0 Å². The van der Waals surface area contributed by atoms with Gasteiger partial charge in [-0.3, -0.25) is 4.79 Å². The van der Waals surface area contributed by atoms with Crippen molar-refractivity contribution in [2.45, 2.75) is 6.92 Å². The van der Waals surface area contributed by atoms with E-state index in [-0.39, 0.29) is 16.5 Å². The fraction of sp³-hybridized carbons (Fsp3) is 0.417. The Morgan fingerprint density at radius 1 is 1.32 bits per heavy atom. The van der Waals surface area contributed by atoms with E-state index in [0.29, 0.717) is 32.0 Å². The number of carbonyl (C=O) groups is 2. The second-order valence-electron chi connectivity index (χ2n) is 4.32. The molecule has 7 heteroatoms. The molecule has 1 fully saturated rings. The Morgan fingerprint density at radius 2 is 1.95 bits per heavy atom. The van der Waals surface area contributed by atoms with Gasteiger partial charge in [0.1, 0.15) is 5.82 Å². The quantitative estimate of drug-likeness (QED) is 0.880. The largest absolute Gasteiger partial charge is 0.478 e. The Balaban J connectivity index is 2.14. The maximum Gasteiger partial charge on any atom is 0.337 e. The average molecular weight is 284 g/mol. The smallest absolute Gasteiger partial charge is 0.337 e. The molecule has 0 aromatic carbocycles. The Hall–Kier alpha value is -1.82. The predicted molar refractivity (Wildman–Crippen MR) is 70.7 cm³/mol. The minimum absolute atomic E-state index is 0.0423. The Labute approximate surface area is 115 Å². The number of hydrogen-bond donors (Lipinski definition) is 1. The number of anilines is 1. The van der Waals surface area contributed by atoms with Gasteiger partial charge in [-0.25, -0.2) is 9.78 Å². The molecule has 1 N–H and O–H groups in total. The van der Waals surface area contributed by atoms with Gasteiger partial charge < -0.3 is 14.9 Å². The van der Waals surface area contributed by atoms with Crippen LogP contribution in [0.3, 0.4) is 0 Å². The molecule has 1 saturated heterocycles. The van der Waals surface area contributed by atoms with E-state index < -0.39 is 5.97 Å². The van der Waals surface area contributed by atoms with E-state index in [2.05, 4.69) is 4.98 Å². The molecule has 0 atom stereocenters. The molecule has 1 amide bonds. The third-order valence-electron chi connectivity index (χ3n) is 3.12. The summed E-state index contributed by atoms with van der Waals surface area (Å²) >= 11 is 5.78. The molecule has 0 aliphatic carbocycles. The zero-order valence-corrected chi connectivity index (χ0v) is 11.2. The first-order chi connectivity index (χ1) is 8.99. The standard InChI is InChI=1S/C12H14ClN3O3/c1-8(17)15-2-4-16(5-3-15)11-6-9(12(18)19)10(13)7-14-11/h6-7H,2-5H2,1H3,(H,18,19). The molecule has 6 nitrogen and oxygen atoms in total. The molecule has 2 rings (SSSR count). The molecular formula is C12H14ClN3O3. The molecule has 0 saturated carbocycles. The first-order valence-corrected chi connectivity index (χ1v) is 6.26. The Bertz CT molecular complexity index is 513. The topological polar surface area (TPSA) is 73.7 Å². The number of rotatable bonds is 2.